The fraction of sp³-hybridized carbons (Fsp3) is 0.286. The maximum absolute atomic E-state index is 13.8. The van der Waals surface area contributed by atoms with Crippen LogP contribution in [0.15, 0.2) is 24.3 Å². The number of carbonyl (C=O) groups excluding carboxylic acids is 1. The summed E-state index contributed by atoms with van der Waals surface area (Å²) in [4.78, 5) is 11.8. The van der Waals surface area contributed by atoms with Gasteiger partial charge in [0, 0.05) is 7.05 Å². The number of nitrogens with one attached hydrogen (secondary N) is 1. The molecule has 0 spiro atoms. The Bertz CT molecular complexity index is 669. The van der Waals surface area contributed by atoms with Gasteiger partial charge in [0.05, 0.1) is 24.1 Å². The molecule has 1 aromatic heterocycles. The lowest BCUT2D eigenvalue weighted by Crippen LogP contribution is -2.28. The summed E-state index contributed by atoms with van der Waals surface area (Å²) in [7, 11) is 3.16. The highest BCUT2D eigenvalue weighted by atomic mass is 19.1. The molecule has 6 nitrogen and oxygen atoms in total. The minimum Gasteiger partial charge on any atom is -0.481 e. The highest BCUT2D eigenvalue weighted by Gasteiger charge is 2.28. The van der Waals surface area contributed by atoms with Crippen molar-refractivity contribution in [2.24, 2.45) is 12.8 Å². The molecule has 2 rings (SSSR count). The van der Waals surface area contributed by atoms with Crippen molar-refractivity contribution in [2.45, 2.75) is 13.0 Å². The van der Waals surface area contributed by atoms with Crippen LogP contribution in [-0.2, 0) is 11.8 Å². The van der Waals surface area contributed by atoms with Gasteiger partial charge in [-0.05, 0) is 19.1 Å². The van der Waals surface area contributed by atoms with Crippen molar-refractivity contribution < 1.29 is 13.9 Å². The van der Waals surface area contributed by atoms with E-state index >= 15 is 0 Å². The van der Waals surface area contributed by atoms with E-state index in [1.807, 2.05) is 0 Å². The number of aromatic nitrogens is 2. The van der Waals surface area contributed by atoms with Gasteiger partial charge in [-0.2, -0.15) is 5.10 Å². The number of methoxy groups -OCH3 is 1. The molecule has 0 bridgehead atoms. The number of halogens is 1. The standard InChI is InChI=1S/C14H17FN4O2/c1-8-11(14(21-3)19(2)18-8)12(13(16)20)17-10-7-5-4-6-9(10)15/h4-7,12,17H,1-3H3,(H2,16,20). The lowest BCUT2D eigenvalue weighted by atomic mass is 10.1. The number of para-hydroxylation sites is 1. The SMILES string of the molecule is COc1c(C(Nc2ccccc2F)C(N)=O)c(C)nn1C. The van der Waals surface area contributed by atoms with Crippen LogP contribution >= 0.6 is 0 Å². The number of rotatable bonds is 5. The van der Waals surface area contributed by atoms with Gasteiger partial charge in [0.2, 0.25) is 11.8 Å². The van der Waals surface area contributed by atoms with E-state index in [0.29, 0.717) is 17.1 Å². The third-order valence-corrected chi connectivity index (χ3v) is 3.15. The molecule has 21 heavy (non-hydrogen) atoms. The monoisotopic (exact) mass is 292 g/mol. The first-order valence-electron chi connectivity index (χ1n) is 6.33. The lowest BCUT2D eigenvalue weighted by Gasteiger charge is -2.18. The predicted octanol–water partition coefficient (Wildman–Crippen LogP) is 1.51. The summed E-state index contributed by atoms with van der Waals surface area (Å²) in [5.74, 6) is -0.711. The van der Waals surface area contributed by atoms with E-state index in [-0.39, 0.29) is 5.69 Å². The first-order valence-corrected chi connectivity index (χ1v) is 6.33. The van der Waals surface area contributed by atoms with Crippen molar-refractivity contribution >= 4 is 11.6 Å². The van der Waals surface area contributed by atoms with Crippen LogP contribution in [0.25, 0.3) is 0 Å². The molecule has 0 saturated heterocycles. The second kappa shape index (κ2) is 5.82. The maximum atomic E-state index is 13.8. The van der Waals surface area contributed by atoms with Crippen LogP contribution in [0.3, 0.4) is 0 Å². The quantitative estimate of drug-likeness (QED) is 0.875. The highest BCUT2D eigenvalue weighted by molar-refractivity contribution is 5.85. The Labute approximate surface area is 121 Å². The van der Waals surface area contributed by atoms with Gasteiger partial charge in [-0.3, -0.25) is 4.79 Å². The second-order valence-electron chi connectivity index (χ2n) is 4.59. The highest BCUT2D eigenvalue weighted by Crippen LogP contribution is 2.31. The van der Waals surface area contributed by atoms with E-state index < -0.39 is 17.8 Å². The van der Waals surface area contributed by atoms with Gasteiger partial charge >= 0.3 is 0 Å². The van der Waals surface area contributed by atoms with Crippen molar-refractivity contribution in [3.63, 3.8) is 0 Å². The van der Waals surface area contributed by atoms with Crippen molar-refractivity contribution in [3.8, 4) is 5.88 Å². The summed E-state index contributed by atoms with van der Waals surface area (Å²) in [6.45, 7) is 1.73. The zero-order valence-electron chi connectivity index (χ0n) is 12.1. The number of benzene rings is 1. The predicted molar refractivity (Wildman–Crippen MR) is 76.5 cm³/mol. The molecule has 0 radical (unpaired) electrons. The third kappa shape index (κ3) is 2.81. The molecule has 0 aliphatic rings. The number of hydrogen-bond donors (Lipinski definition) is 2. The molecule has 2 aromatic rings. The summed E-state index contributed by atoms with van der Waals surface area (Å²) >= 11 is 0. The number of primary amides is 1. The largest absolute Gasteiger partial charge is 0.481 e. The van der Waals surface area contributed by atoms with Crippen LogP contribution in [0, 0.1) is 12.7 Å². The van der Waals surface area contributed by atoms with Gasteiger partial charge in [-0.1, -0.05) is 12.1 Å². The van der Waals surface area contributed by atoms with Crippen LogP contribution < -0.4 is 15.8 Å². The second-order valence-corrected chi connectivity index (χ2v) is 4.59. The fourth-order valence-corrected chi connectivity index (χ4v) is 2.25. The number of carbonyl (C=O) groups is 1. The number of aryl methyl sites for hydroxylation is 2. The molecule has 0 fully saturated rings. The van der Waals surface area contributed by atoms with Crippen LogP contribution in [0.5, 0.6) is 5.88 Å². The normalized spacial score (nSPS) is 12.0. The molecule has 1 atom stereocenters. The van der Waals surface area contributed by atoms with E-state index in [9.17, 15) is 9.18 Å². The number of nitrogens with two attached hydrogens (primary N) is 1. The summed E-state index contributed by atoms with van der Waals surface area (Å²) in [5.41, 5.74) is 6.72. The fourth-order valence-electron chi connectivity index (χ4n) is 2.25. The van der Waals surface area contributed by atoms with Gasteiger partial charge in [0.1, 0.15) is 11.9 Å². The molecular formula is C14H17FN4O2. The van der Waals surface area contributed by atoms with Crippen LogP contribution in [0.2, 0.25) is 0 Å². The molecule has 0 aliphatic carbocycles. The van der Waals surface area contributed by atoms with Gasteiger partial charge < -0.3 is 15.8 Å². The Morgan fingerprint density at radius 1 is 1.48 bits per heavy atom. The maximum Gasteiger partial charge on any atom is 0.244 e. The number of amides is 1. The molecule has 1 unspecified atom stereocenters. The van der Waals surface area contributed by atoms with Gasteiger partial charge in [0.15, 0.2) is 0 Å². The van der Waals surface area contributed by atoms with E-state index in [1.165, 1.54) is 23.9 Å². The van der Waals surface area contributed by atoms with Gasteiger partial charge in [-0.15, -0.1) is 0 Å². The van der Waals surface area contributed by atoms with Crippen molar-refractivity contribution in [1.82, 2.24) is 9.78 Å². The Morgan fingerprint density at radius 3 is 2.71 bits per heavy atom. The average molecular weight is 292 g/mol. The van der Waals surface area contributed by atoms with Crippen LogP contribution in [-0.4, -0.2) is 22.8 Å². The van der Waals surface area contributed by atoms with E-state index in [4.69, 9.17) is 10.5 Å². The first-order chi connectivity index (χ1) is 9.95. The summed E-state index contributed by atoms with van der Waals surface area (Å²) in [5, 5.41) is 7.01. The van der Waals surface area contributed by atoms with Crippen molar-refractivity contribution in [1.29, 1.82) is 0 Å². The summed E-state index contributed by atoms with van der Waals surface area (Å²) in [6, 6.07) is 5.12. The van der Waals surface area contributed by atoms with Crippen molar-refractivity contribution in [3.05, 3.63) is 41.3 Å². The zero-order valence-corrected chi connectivity index (χ0v) is 12.1. The van der Waals surface area contributed by atoms with Crippen molar-refractivity contribution in [2.75, 3.05) is 12.4 Å². The molecule has 1 heterocycles. The molecule has 1 amide bonds. The minimum absolute atomic E-state index is 0.187. The van der Waals surface area contributed by atoms with Crippen LogP contribution in [0.4, 0.5) is 10.1 Å². The Morgan fingerprint density at radius 2 is 2.14 bits per heavy atom. The molecule has 0 saturated carbocycles. The topological polar surface area (TPSA) is 82.2 Å². The molecular weight excluding hydrogens is 275 g/mol. The molecule has 3 N–H and O–H groups in total. The Kier molecular flexibility index (Phi) is 4.11. The zero-order chi connectivity index (χ0) is 15.6. The van der Waals surface area contributed by atoms with Gasteiger partial charge in [0.25, 0.3) is 0 Å². The number of anilines is 1. The smallest absolute Gasteiger partial charge is 0.244 e. The first kappa shape index (κ1) is 14.8. The molecule has 112 valence electrons. The lowest BCUT2D eigenvalue weighted by molar-refractivity contribution is -0.118. The van der Waals surface area contributed by atoms with E-state index in [1.54, 1.807) is 26.1 Å². The Hall–Kier alpha value is -2.57. The number of hydrogen-bond acceptors (Lipinski definition) is 4. The van der Waals surface area contributed by atoms with Crippen LogP contribution in [0.1, 0.15) is 17.3 Å². The molecule has 0 aliphatic heterocycles. The Balaban J connectivity index is 2.46. The minimum atomic E-state index is -0.939. The number of nitrogens with zero attached hydrogens (tertiary/aromatic N) is 2. The number of ether oxygens (including phenoxy) is 1. The molecule has 1 aromatic carbocycles. The average Bonchev–Trinajstić information content (AvgIpc) is 2.71. The van der Waals surface area contributed by atoms with E-state index in [0.717, 1.165) is 0 Å². The molecule has 7 heteroatoms. The summed E-state index contributed by atoms with van der Waals surface area (Å²) in [6.07, 6.45) is 0. The van der Waals surface area contributed by atoms with E-state index in [2.05, 4.69) is 10.4 Å². The van der Waals surface area contributed by atoms with Gasteiger partial charge in [-0.25, -0.2) is 9.07 Å². The third-order valence-electron chi connectivity index (χ3n) is 3.15. The summed E-state index contributed by atoms with van der Waals surface area (Å²) < 4.78 is 20.5.